The van der Waals surface area contributed by atoms with Gasteiger partial charge in [-0.25, -0.2) is 4.79 Å². The predicted molar refractivity (Wildman–Crippen MR) is 94.8 cm³/mol. The fourth-order valence-corrected chi connectivity index (χ4v) is 3.20. The predicted octanol–water partition coefficient (Wildman–Crippen LogP) is 3.97. The highest BCUT2D eigenvalue weighted by Crippen LogP contribution is 2.40. The molecule has 4 nitrogen and oxygen atoms in total. The molecule has 0 fully saturated rings. The van der Waals surface area contributed by atoms with Crippen molar-refractivity contribution in [3.8, 4) is 5.75 Å². The maximum Gasteiger partial charge on any atom is 0.338 e. The Morgan fingerprint density at radius 2 is 2.04 bits per heavy atom. The Bertz CT molecular complexity index is 747. The van der Waals surface area contributed by atoms with Crippen LogP contribution in [0.5, 0.6) is 5.75 Å². The summed E-state index contributed by atoms with van der Waals surface area (Å²) in [4.78, 5) is 12.3. The van der Waals surface area contributed by atoms with Gasteiger partial charge in [0.15, 0.2) is 0 Å². The van der Waals surface area contributed by atoms with Gasteiger partial charge in [0.25, 0.3) is 0 Å². The zero-order chi connectivity index (χ0) is 17.2. The van der Waals surface area contributed by atoms with Crippen LogP contribution in [0.15, 0.2) is 46.9 Å². The molecule has 2 aromatic carbocycles. The minimum Gasteiger partial charge on any atom is -0.493 e. The Labute approximate surface area is 153 Å². The van der Waals surface area contributed by atoms with Gasteiger partial charge in [-0.3, -0.25) is 0 Å². The second-order valence-electron chi connectivity index (χ2n) is 5.76. The molecule has 0 amide bonds. The normalized spacial score (nSPS) is 19.3. The second-order valence-corrected chi connectivity index (χ2v) is 7.11. The van der Waals surface area contributed by atoms with Crippen LogP contribution < -0.4 is 4.74 Å². The molecular weight excluding hydrogens is 396 g/mol. The van der Waals surface area contributed by atoms with Crippen LogP contribution in [-0.4, -0.2) is 30.9 Å². The number of aliphatic hydroxyl groups is 1. The van der Waals surface area contributed by atoms with Crippen LogP contribution in [0.25, 0.3) is 0 Å². The first-order valence-electron chi connectivity index (χ1n) is 7.50. The van der Waals surface area contributed by atoms with E-state index >= 15 is 0 Å². The molecule has 0 saturated heterocycles. The van der Waals surface area contributed by atoms with E-state index in [0.717, 1.165) is 10.0 Å². The van der Waals surface area contributed by atoms with E-state index in [0.29, 0.717) is 29.4 Å². The molecule has 0 saturated carbocycles. The summed E-state index contributed by atoms with van der Waals surface area (Å²) in [5.41, 5.74) is 0.599. The lowest BCUT2D eigenvalue weighted by Crippen LogP contribution is -2.41. The monoisotopic (exact) mass is 410 g/mol. The van der Waals surface area contributed by atoms with Crippen molar-refractivity contribution in [2.24, 2.45) is 0 Å². The molecule has 1 atom stereocenters. The van der Waals surface area contributed by atoms with Gasteiger partial charge in [0.05, 0.1) is 24.2 Å². The zero-order valence-electron chi connectivity index (χ0n) is 12.8. The number of hydrogen-bond donors (Lipinski definition) is 1. The number of carbonyl (C=O) groups excluding carboxylic acids is 1. The van der Waals surface area contributed by atoms with Gasteiger partial charge in [-0.2, -0.15) is 0 Å². The third kappa shape index (κ3) is 3.43. The van der Waals surface area contributed by atoms with Crippen molar-refractivity contribution >= 4 is 33.5 Å². The Balaban J connectivity index is 1.80. The third-order valence-corrected chi connectivity index (χ3v) is 4.98. The van der Waals surface area contributed by atoms with Gasteiger partial charge in [0.2, 0.25) is 0 Å². The van der Waals surface area contributed by atoms with Crippen molar-refractivity contribution in [2.75, 3.05) is 19.8 Å². The lowest BCUT2D eigenvalue weighted by molar-refractivity contribution is 0.0229. The summed E-state index contributed by atoms with van der Waals surface area (Å²) < 4.78 is 12.0. The number of carbonyl (C=O) groups is 1. The number of fused-ring (bicyclic) bond motifs is 1. The van der Waals surface area contributed by atoms with Gasteiger partial charge in [-0.05, 0) is 42.8 Å². The van der Waals surface area contributed by atoms with Gasteiger partial charge < -0.3 is 14.6 Å². The van der Waals surface area contributed by atoms with Gasteiger partial charge in [0, 0.05) is 15.1 Å². The van der Waals surface area contributed by atoms with Gasteiger partial charge in [-0.15, -0.1) is 0 Å². The Hall–Kier alpha value is -1.56. The summed E-state index contributed by atoms with van der Waals surface area (Å²) in [6, 6.07) is 12.2. The number of rotatable bonds is 4. The van der Waals surface area contributed by atoms with E-state index in [1.54, 1.807) is 36.4 Å². The number of aliphatic hydroxyl groups excluding tert-OH is 1. The maximum absolute atomic E-state index is 12.3. The molecule has 0 radical (unpaired) electrons. The van der Waals surface area contributed by atoms with Crippen molar-refractivity contribution in [2.45, 2.75) is 11.8 Å². The van der Waals surface area contributed by atoms with Crippen LogP contribution in [0.3, 0.4) is 0 Å². The molecular formula is C18H16BrClO4. The first-order valence-corrected chi connectivity index (χ1v) is 8.67. The molecule has 1 aliphatic rings. The molecule has 24 heavy (non-hydrogen) atoms. The summed E-state index contributed by atoms with van der Waals surface area (Å²) >= 11 is 9.33. The minimum absolute atomic E-state index is 0.0798. The summed E-state index contributed by atoms with van der Waals surface area (Å²) in [7, 11) is 0. The summed E-state index contributed by atoms with van der Waals surface area (Å²) in [6.45, 7) is 0.374. The van der Waals surface area contributed by atoms with E-state index in [4.69, 9.17) is 21.1 Å². The van der Waals surface area contributed by atoms with E-state index in [9.17, 15) is 9.90 Å². The lowest BCUT2D eigenvalue weighted by atomic mass is 9.77. The van der Waals surface area contributed by atoms with Gasteiger partial charge >= 0.3 is 5.97 Å². The molecule has 3 rings (SSSR count). The SMILES string of the molecule is O=C(OCC1(CO)CCOc2cc(Cl)ccc21)c1ccc(Br)cc1. The van der Waals surface area contributed by atoms with Crippen LogP contribution in [0.2, 0.25) is 5.02 Å². The van der Waals surface area contributed by atoms with Crippen LogP contribution in [-0.2, 0) is 10.2 Å². The molecule has 0 spiro atoms. The van der Waals surface area contributed by atoms with E-state index in [1.807, 2.05) is 6.07 Å². The molecule has 126 valence electrons. The van der Waals surface area contributed by atoms with Crippen LogP contribution in [0, 0.1) is 0 Å². The molecule has 0 aliphatic carbocycles. The smallest absolute Gasteiger partial charge is 0.338 e. The molecule has 0 bridgehead atoms. The summed E-state index contributed by atoms with van der Waals surface area (Å²) in [6.07, 6.45) is 0.561. The van der Waals surface area contributed by atoms with Gasteiger partial charge in [-0.1, -0.05) is 33.6 Å². The van der Waals surface area contributed by atoms with Crippen molar-refractivity contribution in [3.63, 3.8) is 0 Å². The Morgan fingerprint density at radius 3 is 2.75 bits per heavy atom. The van der Waals surface area contributed by atoms with Crippen molar-refractivity contribution < 1.29 is 19.4 Å². The van der Waals surface area contributed by atoms with Crippen LogP contribution in [0.1, 0.15) is 22.3 Å². The van der Waals surface area contributed by atoms with E-state index < -0.39 is 11.4 Å². The lowest BCUT2D eigenvalue weighted by Gasteiger charge is -2.36. The highest BCUT2D eigenvalue weighted by atomic mass is 79.9. The Morgan fingerprint density at radius 1 is 1.29 bits per heavy atom. The van der Waals surface area contributed by atoms with E-state index in [-0.39, 0.29) is 13.2 Å². The zero-order valence-corrected chi connectivity index (χ0v) is 15.1. The molecule has 1 heterocycles. The van der Waals surface area contributed by atoms with Gasteiger partial charge in [0.1, 0.15) is 12.4 Å². The molecule has 6 heteroatoms. The van der Waals surface area contributed by atoms with Crippen molar-refractivity contribution in [3.05, 3.63) is 63.1 Å². The highest BCUT2D eigenvalue weighted by Gasteiger charge is 2.39. The average molecular weight is 412 g/mol. The van der Waals surface area contributed by atoms with E-state index in [1.165, 1.54) is 0 Å². The number of hydrogen-bond acceptors (Lipinski definition) is 4. The summed E-state index contributed by atoms with van der Waals surface area (Å²) in [5.74, 6) is 0.208. The topological polar surface area (TPSA) is 55.8 Å². The number of ether oxygens (including phenoxy) is 2. The third-order valence-electron chi connectivity index (χ3n) is 4.22. The molecule has 2 aromatic rings. The molecule has 0 aromatic heterocycles. The standard InChI is InChI=1S/C18H16BrClO4/c19-13-3-1-12(2-4-13)17(22)24-11-18(10-21)7-8-23-16-9-14(20)5-6-15(16)18/h1-6,9,21H,7-8,10-11H2. The molecule has 1 N–H and O–H groups in total. The van der Waals surface area contributed by atoms with Crippen molar-refractivity contribution in [1.82, 2.24) is 0 Å². The highest BCUT2D eigenvalue weighted by molar-refractivity contribution is 9.10. The summed E-state index contributed by atoms with van der Waals surface area (Å²) in [5, 5.41) is 10.6. The molecule has 1 unspecified atom stereocenters. The largest absolute Gasteiger partial charge is 0.493 e. The van der Waals surface area contributed by atoms with Crippen LogP contribution in [0.4, 0.5) is 0 Å². The van der Waals surface area contributed by atoms with Crippen LogP contribution >= 0.6 is 27.5 Å². The first-order chi connectivity index (χ1) is 11.5. The minimum atomic E-state index is -0.677. The van der Waals surface area contributed by atoms with E-state index in [2.05, 4.69) is 15.9 Å². The number of halogens is 2. The molecule has 1 aliphatic heterocycles. The van der Waals surface area contributed by atoms with Crippen molar-refractivity contribution in [1.29, 1.82) is 0 Å². The fraction of sp³-hybridized carbons (Fsp3) is 0.278. The quantitative estimate of drug-likeness (QED) is 0.774. The number of benzene rings is 2. The fourth-order valence-electron chi connectivity index (χ4n) is 2.78. The average Bonchev–Trinajstić information content (AvgIpc) is 2.59. The second kappa shape index (κ2) is 7.13. The maximum atomic E-state index is 12.3. The number of esters is 1. The Kier molecular flexibility index (Phi) is 5.13. The first kappa shape index (κ1) is 17.3.